The van der Waals surface area contributed by atoms with E-state index in [9.17, 15) is 9.59 Å². The number of aliphatic carboxylic acids is 2. The molecule has 2 N–H and O–H groups in total. The molecule has 0 spiro atoms. The van der Waals surface area contributed by atoms with Gasteiger partial charge in [-0.3, -0.25) is 9.59 Å². The zero-order valence-corrected chi connectivity index (χ0v) is 10.2. The summed E-state index contributed by atoms with van der Waals surface area (Å²) in [5.74, 6) is -3.28. The van der Waals surface area contributed by atoms with Crippen molar-refractivity contribution in [1.29, 1.82) is 0 Å². The van der Waals surface area contributed by atoms with Gasteiger partial charge in [0, 0.05) is 0 Å². The molecule has 0 radical (unpaired) electrons. The smallest absolute Gasteiger partial charge is 0.307 e. The minimum atomic E-state index is -0.970. The molecule has 1 fully saturated rings. The zero-order chi connectivity index (χ0) is 13.4. The molecular weight excluding hydrogens is 232 g/mol. The number of hydrogen-bond donors (Lipinski definition) is 2. The van der Waals surface area contributed by atoms with Crippen LogP contribution in [0.1, 0.15) is 25.7 Å². The van der Waals surface area contributed by atoms with Crippen molar-refractivity contribution >= 4 is 11.9 Å². The largest absolute Gasteiger partial charge is 0.481 e. The van der Waals surface area contributed by atoms with Crippen LogP contribution < -0.4 is 0 Å². The summed E-state index contributed by atoms with van der Waals surface area (Å²) in [7, 11) is 0. The number of carboxylic acid groups (broad SMARTS) is 2. The van der Waals surface area contributed by atoms with Crippen LogP contribution in [0.25, 0.3) is 0 Å². The van der Waals surface area contributed by atoms with Gasteiger partial charge in [-0.05, 0) is 12.8 Å². The van der Waals surface area contributed by atoms with E-state index in [2.05, 4.69) is 0 Å². The van der Waals surface area contributed by atoms with E-state index in [1.165, 1.54) is 0 Å². The van der Waals surface area contributed by atoms with Crippen molar-refractivity contribution < 1.29 is 19.8 Å². The molecular formula is C14H18O4. The summed E-state index contributed by atoms with van der Waals surface area (Å²) in [6.45, 7) is 0. The molecule has 1 aromatic rings. The molecule has 0 saturated heterocycles. The van der Waals surface area contributed by atoms with Crippen LogP contribution in [0.3, 0.4) is 0 Å². The average molecular weight is 250 g/mol. The first kappa shape index (κ1) is 14.2. The normalized spacial score (nSPS) is 22.4. The summed E-state index contributed by atoms with van der Waals surface area (Å²) >= 11 is 0. The van der Waals surface area contributed by atoms with Gasteiger partial charge in [0.05, 0.1) is 11.8 Å². The Morgan fingerprint density at radius 1 is 0.722 bits per heavy atom. The average Bonchev–Trinajstić information content (AvgIpc) is 2.41. The minimum Gasteiger partial charge on any atom is -0.481 e. The fraction of sp³-hybridized carbons (Fsp3) is 0.429. The molecule has 0 amide bonds. The van der Waals surface area contributed by atoms with Crippen molar-refractivity contribution in [3.8, 4) is 0 Å². The Bertz CT molecular complexity index is 326. The van der Waals surface area contributed by atoms with Crippen molar-refractivity contribution in [3.63, 3.8) is 0 Å². The van der Waals surface area contributed by atoms with Crippen molar-refractivity contribution in [3.05, 3.63) is 36.4 Å². The predicted molar refractivity (Wildman–Crippen MR) is 67.2 cm³/mol. The summed E-state index contributed by atoms with van der Waals surface area (Å²) in [6.07, 6.45) is 2.68. The molecule has 1 aliphatic rings. The molecule has 98 valence electrons. The molecule has 4 heteroatoms. The third kappa shape index (κ3) is 4.57. The van der Waals surface area contributed by atoms with Gasteiger partial charge in [0.2, 0.25) is 0 Å². The predicted octanol–water partition coefficient (Wildman–Crippen LogP) is 2.65. The van der Waals surface area contributed by atoms with Crippen LogP contribution in [0.5, 0.6) is 0 Å². The monoisotopic (exact) mass is 250 g/mol. The SMILES string of the molecule is O=C(O)C1CCCC[C@@H]1C(=O)O.c1ccccc1. The summed E-state index contributed by atoms with van der Waals surface area (Å²) in [4.78, 5) is 21.2. The quantitative estimate of drug-likeness (QED) is 0.846. The van der Waals surface area contributed by atoms with E-state index in [0.717, 1.165) is 12.8 Å². The van der Waals surface area contributed by atoms with Gasteiger partial charge >= 0.3 is 11.9 Å². The van der Waals surface area contributed by atoms with Gasteiger partial charge in [-0.25, -0.2) is 0 Å². The van der Waals surface area contributed by atoms with Crippen LogP contribution in [0, 0.1) is 11.8 Å². The third-order valence-corrected chi connectivity index (χ3v) is 3.07. The molecule has 0 heterocycles. The van der Waals surface area contributed by atoms with Gasteiger partial charge < -0.3 is 10.2 Å². The molecule has 1 unspecified atom stereocenters. The second-order valence-electron chi connectivity index (χ2n) is 4.33. The van der Waals surface area contributed by atoms with Gasteiger partial charge in [-0.15, -0.1) is 0 Å². The van der Waals surface area contributed by atoms with E-state index in [1.807, 2.05) is 36.4 Å². The molecule has 0 bridgehead atoms. The maximum atomic E-state index is 10.6. The molecule has 1 saturated carbocycles. The Morgan fingerprint density at radius 3 is 1.22 bits per heavy atom. The van der Waals surface area contributed by atoms with Crippen LogP contribution in [0.2, 0.25) is 0 Å². The fourth-order valence-corrected chi connectivity index (χ4v) is 2.11. The van der Waals surface area contributed by atoms with Crippen LogP contribution in [0.15, 0.2) is 36.4 Å². The van der Waals surface area contributed by atoms with Gasteiger partial charge in [0.25, 0.3) is 0 Å². The second-order valence-corrected chi connectivity index (χ2v) is 4.33. The topological polar surface area (TPSA) is 74.6 Å². The molecule has 2 atom stereocenters. The summed E-state index contributed by atoms with van der Waals surface area (Å²) in [5, 5.41) is 17.4. The second kappa shape index (κ2) is 7.48. The Hall–Kier alpha value is -1.84. The lowest BCUT2D eigenvalue weighted by molar-refractivity contribution is -0.155. The number of rotatable bonds is 2. The van der Waals surface area contributed by atoms with Crippen LogP contribution in [-0.4, -0.2) is 22.2 Å². The highest BCUT2D eigenvalue weighted by molar-refractivity contribution is 5.80. The first-order valence-electron chi connectivity index (χ1n) is 6.08. The van der Waals surface area contributed by atoms with Crippen molar-refractivity contribution in [1.82, 2.24) is 0 Å². The first-order chi connectivity index (χ1) is 8.63. The zero-order valence-electron chi connectivity index (χ0n) is 10.2. The van der Waals surface area contributed by atoms with E-state index >= 15 is 0 Å². The molecule has 2 rings (SSSR count). The lowest BCUT2D eigenvalue weighted by atomic mass is 9.79. The highest BCUT2D eigenvalue weighted by atomic mass is 16.4. The molecule has 18 heavy (non-hydrogen) atoms. The van der Waals surface area contributed by atoms with Gasteiger partial charge in [-0.2, -0.15) is 0 Å². The van der Waals surface area contributed by atoms with Crippen molar-refractivity contribution in [2.75, 3.05) is 0 Å². The van der Waals surface area contributed by atoms with Crippen molar-refractivity contribution in [2.24, 2.45) is 11.8 Å². The van der Waals surface area contributed by atoms with E-state index in [1.54, 1.807) is 0 Å². The summed E-state index contributed by atoms with van der Waals surface area (Å²) in [6, 6.07) is 12.0. The summed E-state index contributed by atoms with van der Waals surface area (Å²) < 4.78 is 0. The molecule has 1 aliphatic carbocycles. The lowest BCUT2D eigenvalue weighted by Crippen LogP contribution is -2.32. The van der Waals surface area contributed by atoms with Crippen LogP contribution in [-0.2, 0) is 9.59 Å². The highest BCUT2D eigenvalue weighted by Crippen LogP contribution is 2.30. The van der Waals surface area contributed by atoms with Crippen molar-refractivity contribution in [2.45, 2.75) is 25.7 Å². The van der Waals surface area contributed by atoms with Gasteiger partial charge in [-0.1, -0.05) is 49.2 Å². The maximum Gasteiger partial charge on any atom is 0.307 e. The fourth-order valence-electron chi connectivity index (χ4n) is 2.11. The Morgan fingerprint density at radius 2 is 1.00 bits per heavy atom. The standard InChI is InChI=1S/C8H12O4.C6H6/c9-7(10)5-3-1-2-4-6(5)8(11)12;1-2-4-6-5-3-1/h5-6H,1-4H2,(H,9,10)(H,11,12);1-6H/t5-,6?;/m0./s1. The van der Waals surface area contributed by atoms with Crippen LogP contribution in [0.4, 0.5) is 0 Å². The lowest BCUT2D eigenvalue weighted by Gasteiger charge is -2.24. The Kier molecular flexibility index (Phi) is 5.91. The summed E-state index contributed by atoms with van der Waals surface area (Å²) in [5.41, 5.74) is 0. The molecule has 0 aromatic heterocycles. The van der Waals surface area contributed by atoms with E-state index in [4.69, 9.17) is 10.2 Å². The number of benzene rings is 1. The van der Waals surface area contributed by atoms with E-state index in [-0.39, 0.29) is 0 Å². The molecule has 4 nitrogen and oxygen atoms in total. The van der Waals surface area contributed by atoms with E-state index < -0.39 is 23.8 Å². The Labute approximate surface area is 106 Å². The number of carboxylic acids is 2. The first-order valence-corrected chi connectivity index (χ1v) is 6.08. The molecule has 0 aliphatic heterocycles. The highest BCUT2D eigenvalue weighted by Gasteiger charge is 2.35. The van der Waals surface area contributed by atoms with E-state index in [0.29, 0.717) is 12.8 Å². The number of carbonyl (C=O) groups is 2. The Balaban J connectivity index is 0.000000225. The minimum absolute atomic E-state index is 0.506. The maximum absolute atomic E-state index is 10.6. The molecule has 1 aromatic carbocycles. The third-order valence-electron chi connectivity index (χ3n) is 3.07. The van der Waals surface area contributed by atoms with Crippen LogP contribution >= 0.6 is 0 Å². The number of hydrogen-bond acceptors (Lipinski definition) is 2. The van der Waals surface area contributed by atoms with Gasteiger partial charge in [0.15, 0.2) is 0 Å². The van der Waals surface area contributed by atoms with Gasteiger partial charge in [0.1, 0.15) is 0 Å².